The van der Waals surface area contributed by atoms with Crippen LogP contribution in [-0.2, 0) is 12.8 Å². The van der Waals surface area contributed by atoms with Crippen LogP contribution in [0, 0.1) is 6.92 Å². The van der Waals surface area contributed by atoms with E-state index in [1.54, 1.807) is 14.2 Å². The van der Waals surface area contributed by atoms with E-state index in [1.165, 1.54) is 22.5 Å². The third kappa shape index (κ3) is 3.47. The molecule has 1 heterocycles. The van der Waals surface area contributed by atoms with Crippen molar-refractivity contribution in [1.29, 1.82) is 0 Å². The first-order valence-electron chi connectivity index (χ1n) is 9.16. The van der Waals surface area contributed by atoms with Crippen molar-refractivity contribution in [3.63, 3.8) is 0 Å². The van der Waals surface area contributed by atoms with E-state index in [2.05, 4.69) is 22.4 Å². The summed E-state index contributed by atoms with van der Waals surface area (Å²) in [5.41, 5.74) is 4.28. The van der Waals surface area contributed by atoms with Gasteiger partial charge in [-0.05, 0) is 49.1 Å². The number of nitrogens with zero attached hydrogens (tertiary/aromatic N) is 1. The van der Waals surface area contributed by atoms with Crippen molar-refractivity contribution in [2.24, 2.45) is 0 Å². The number of benzene rings is 2. The zero-order chi connectivity index (χ0) is 19.7. The molecule has 144 valence electrons. The smallest absolute Gasteiger partial charge is 0.263 e. The molecule has 0 fully saturated rings. The molecule has 2 aromatic carbocycles. The molecule has 0 bridgehead atoms. The quantitative estimate of drug-likeness (QED) is 0.710. The van der Waals surface area contributed by atoms with E-state index in [0.29, 0.717) is 16.4 Å². The van der Waals surface area contributed by atoms with Gasteiger partial charge in [0.2, 0.25) is 0 Å². The molecule has 4 rings (SSSR count). The second-order valence-electron chi connectivity index (χ2n) is 6.85. The lowest BCUT2D eigenvalue weighted by atomic mass is 10.1. The summed E-state index contributed by atoms with van der Waals surface area (Å²) in [7, 11) is 3.21. The standard InChI is InChI=1S/C22H22N2O3S/c1-13-20(21(25)24-17-10-14-6-4-5-7-15(14)11-17)28-22(23-13)16-8-9-18(26-2)19(12-16)27-3/h4-9,12,17H,10-11H2,1-3H3,(H,24,25). The summed E-state index contributed by atoms with van der Waals surface area (Å²) in [6.45, 7) is 1.87. The van der Waals surface area contributed by atoms with Gasteiger partial charge in [-0.2, -0.15) is 0 Å². The highest BCUT2D eigenvalue weighted by atomic mass is 32.1. The number of carbonyl (C=O) groups excluding carboxylic acids is 1. The lowest BCUT2D eigenvalue weighted by molar-refractivity contribution is 0.0942. The fraction of sp³-hybridized carbons (Fsp3) is 0.273. The Morgan fingerprint density at radius 2 is 1.75 bits per heavy atom. The number of carbonyl (C=O) groups is 1. The van der Waals surface area contributed by atoms with Gasteiger partial charge in [-0.15, -0.1) is 11.3 Å². The number of hydrogen-bond donors (Lipinski definition) is 1. The number of fused-ring (bicyclic) bond motifs is 1. The summed E-state index contributed by atoms with van der Waals surface area (Å²) in [4.78, 5) is 18.1. The van der Waals surface area contributed by atoms with Gasteiger partial charge in [0.25, 0.3) is 5.91 Å². The van der Waals surface area contributed by atoms with Crippen LogP contribution in [0.3, 0.4) is 0 Å². The van der Waals surface area contributed by atoms with Crippen molar-refractivity contribution < 1.29 is 14.3 Å². The number of hydrogen-bond acceptors (Lipinski definition) is 5. The summed E-state index contributed by atoms with van der Waals surface area (Å²) in [5, 5.41) is 3.97. The summed E-state index contributed by atoms with van der Waals surface area (Å²) < 4.78 is 10.7. The Labute approximate surface area is 168 Å². The Balaban J connectivity index is 1.52. The third-order valence-corrected chi connectivity index (χ3v) is 6.22. The molecule has 1 amide bonds. The highest BCUT2D eigenvalue weighted by Gasteiger charge is 2.25. The summed E-state index contributed by atoms with van der Waals surface area (Å²) in [6.07, 6.45) is 1.75. The molecule has 0 radical (unpaired) electrons. The van der Waals surface area contributed by atoms with Crippen LogP contribution in [-0.4, -0.2) is 31.2 Å². The second kappa shape index (κ2) is 7.64. The van der Waals surface area contributed by atoms with Gasteiger partial charge in [0.1, 0.15) is 9.88 Å². The van der Waals surface area contributed by atoms with Crippen molar-refractivity contribution in [2.45, 2.75) is 25.8 Å². The van der Waals surface area contributed by atoms with E-state index in [9.17, 15) is 4.79 Å². The first kappa shape index (κ1) is 18.5. The van der Waals surface area contributed by atoms with Crippen LogP contribution >= 0.6 is 11.3 Å². The maximum absolute atomic E-state index is 12.9. The van der Waals surface area contributed by atoms with Gasteiger partial charge in [-0.25, -0.2) is 4.98 Å². The van der Waals surface area contributed by atoms with Gasteiger partial charge in [0.05, 0.1) is 19.9 Å². The van der Waals surface area contributed by atoms with E-state index in [-0.39, 0.29) is 11.9 Å². The fourth-order valence-electron chi connectivity index (χ4n) is 3.61. The molecule has 5 nitrogen and oxygen atoms in total. The van der Waals surface area contributed by atoms with Gasteiger partial charge in [0, 0.05) is 11.6 Å². The van der Waals surface area contributed by atoms with Crippen LogP contribution in [0.1, 0.15) is 26.5 Å². The molecule has 0 unspecified atom stereocenters. The second-order valence-corrected chi connectivity index (χ2v) is 7.85. The van der Waals surface area contributed by atoms with Gasteiger partial charge < -0.3 is 14.8 Å². The molecule has 3 aromatic rings. The average Bonchev–Trinajstić information content (AvgIpc) is 3.30. The zero-order valence-corrected chi connectivity index (χ0v) is 16.9. The molecule has 6 heteroatoms. The molecule has 28 heavy (non-hydrogen) atoms. The van der Waals surface area contributed by atoms with E-state index in [0.717, 1.165) is 29.1 Å². The Bertz CT molecular complexity index is 1000. The van der Waals surface area contributed by atoms with Crippen molar-refractivity contribution >= 4 is 17.2 Å². The number of nitrogens with one attached hydrogen (secondary N) is 1. The highest BCUT2D eigenvalue weighted by Crippen LogP contribution is 2.35. The van der Waals surface area contributed by atoms with Crippen LogP contribution in [0.2, 0.25) is 0 Å². The molecule has 1 N–H and O–H groups in total. The van der Waals surface area contributed by atoms with Gasteiger partial charge >= 0.3 is 0 Å². The van der Waals surface area contributed by atoms with Gasteiger partial charge in [-0.1, -0.05) is 24.3 Å². The van der Waals surface area contributed by atoms with E-state index >= 15 is 0 Å². The maximum Gasteiger partial charge on any atom is 0.263 e. The predicted molar refractivity (Wildman–Crippen MR) is 110 cm³/mol. The molecule has 0 atom stereocenters. The minimum atomic E-state index is -0.0560. The van der Waals surface area contributed by atoms with Crippen LogP contribution < -0.4 is 14.8 Å². The van der Waals surface area contributed by atoms with E-state index < -0.39 is 0 Å². The van der Waals surface area contributed by atoms with Crippen LogP contribution in [0.25, 0.3) is 10.6 Å². The highest BCUT2D eigenvalue weighted by molar-refractivity contribution is 7.17. The third-order valence-electron chi connectivity index (χ3n) is 5.02. The number of aromatic nitrogens is 1. The summed E-state index contributed by atoms with van der Waals surface area (Å²) >= 11 is 1.40. The molecule has 0 aliphatic heterocycles. The number of thiazole rings is 1. The average molecular weight is 394 g/mol. The largest absolute Gasteiger partial charge is 0.493 e. The minimum absolute atomic E-state index is 0.0560. The molecule has 1 aromatic heterocycles. The molecule has 0 saturated carbocycles. The SMILES string of the molecule is COc1ccc(-c2nc(C)c(C(=O)NC3Cc4ccccc4C3)s2)cc1OC. The van der Waals surface area contributed by atoms with Crippen LogP contribution in [0.5, 0.6) is 11.5 Å². The van der Waals surface area contributed by atoms with Gasteiger partial charge in [0.15, 0.2) is 11.5 Å². The van der Waals surface area contributed by atoms with Crippen LogP contribution in [0.15, 0.2) is 42.5 Å². The fourth-order valence-corrected chi connectivity index (χ4v) is 4.58. The predicted octanol–water partition coefficient (Wildman–Crippen LogP) is 4.03. The topological polar surface area (TPSA) is 60.5 Å². The maximum atomic E-state index is 12.9. The zero-order valence-electron chi connectivity index (χ0n) is 16.1. The number of amides is 1. The van der Waals surface area contributed by atoms with Crippen molar-refractivity contribution in [1.82, 2.24) is 10.3 Å². The molecule has 1 aliphatic carbocycles. The number of ether oxygens (including phenoxy) is 2. The Hall–Kier alpha value is -2.86. The first-order valence-corrected chi connectivity index (χ1v) is 9.98. The van der Waals surface area contributed by atoms with Gasteiger partial charge in [-0.3, -0.25) is 4.79 Å². The minimum Gasteiger partial charge on any atom is -0.493 e. The molecule has 1 aliphatic rings. The normalized spacial score (nSPS) is 13.2. The number of rotatable bonds is 5. The van der Waals surface area contributed by atoms with Crippen molar-refractivity contribution in [3.8, 4) is 22.1 Å². The van der Waals surface area contributed by atoms with Crippen LogP contribution in [0.4, 0.5) is 0 Å². The molecule has 0 saturated heterocycles. The summed E-state index contributed by atoms with van der Waals surface area (Å²) in [5.74, 6) is 1.25. The monoisotopic (exact) mass is 394 g/mol. The first-order chi connectivity index (χ1) is 13.6. The van der Waals surface area contributed by atoms with Crippen molar-refractivity contribution in [3.05, 3.63) is 64.2 Å². The Morgan fingerprint density at radius 3 is 2.39 bits per heavy atom. The Morgan fingerprint density at radius 1 is 1.07 bits per heavy atom. The number of methoxy groups -OCH3 is 2. The lowest BCUT2D eigenvalue weighted by Gasteiger charge is -2.11. The van der Waals surface area contributed by atoms with E-state index in [1.807, 2.05) is 37.3 Å². The van der Waals surface area contributed by atoms with Crippen molar-refractivity contribution in [2.75, 3.05) is 14.2 Å². The molecular formula is C22H22N2O3S. The summed E-state index contributed by atoms with van der Waals surface area (Å²) in [6, 6.07) is 14.2. The molecular weight excluding hydrogens is 372 g/mol. The lowest BCUT2D eigenvalue weighted by Crippen LogP contribution is -2.35. The Kier molecular flexibility index (Phi) is 5.05. The number of aryl methyl sites for hydroxylation is 1. The van der Waals surface area contributed by atoms with E-state index in [4.69, 9.17) is 9.47 Å². The molecule has 0 spiro atoms.